The minimum atomic E-state index is -1.00. The maximum atomic E-state index is 13.4. The van der Waals surface area contributed by atoms with Crippen LogP contribution in [-0.4, -0.2) is 81.6 Å². The Bertz CT molecular complexity index is 2720. The van der Waals surface area contributed by atoms with E-state index in [9.17, 15) is 33.2 Å². The molecule has 0 aliphatic heterocycles. The molecule has 0 atom stereocenters. The maximum Gasteiger partial charge on any atom is 1.00 e. The SMILES string of the molecule is BrCBr.CC(C)c1nc2c([nH]1)C(=O)C(=O)c1ccccc1-2.CC(C)c1nc2c(n1Cn1c(C(C)C)nc3c1C(=O)C(=O)c1ccccc1-3)C(=O)C(=O)c1ccccc1-2.O=CO[O-].[2H]CF.[H-].[K+].[K+]. The second-order valence-electron chi connectivity index (χ2n) is 15.0. The number of Topliss-reactive ketones (excluding diaryl/α,β-unsaturated/α-hetero) is 6. The van der Waals surface area contributed by atoms with Crippen LogP contribution in [0.1, 0.15) is 142 Å². The molecule has 3 aliphatic carbocycles. The number of aromatic nitrogens is 6. The van der Waals surface area contributed by atoms with Crippen LogP contribution in [0.4, 0.5) is 4.39 Å². The van der Waals surface area contributed by atoms with Gasteiger partial charge in [-0.2, -0.15) is 0 Å². The third-order valence-electron chi connectivity index (χ3n) is 10.2. The first-order valence-corrected chi connectivity index (χ1v) is 21.8. The molecule has 3 aromatic heterocycles. The van der Waals surface area contributed by atoms with Crippen molar-refractivity contribution >= 4 is 73.0 Å². The van der Waals surface area contributed by atoms with Gasteiger partial charge in [0.1, 0.15) is 58.3 Å². The van der Waals surface area contributed by atoms with E-state index in [2.05, 4.69) is 46.7 Å². The number of fused-ring (bicyclic) bond motifs is 9. The number of ketones is 6. The zero-order valence-corrected chi connectivity index (χ0v) is 46.8. The second-order valence-corrected chi connectivity index (χ2v) is 17.7. The smallest absolute Gasteiger partial charge is 1.00 e. The fourth-order valence-electron chi connectivity index (χ4n) is 7.47. The molecular weight excluding hydrogens is 1040 g/mol. The van der Waals surface area contributed by atoms with E-state index in [1.807, 2.05) is 65.8 Å². The topological polar surface area (TPSA) is 216 Å². The molecule has 334 valence electrons. The fourth-order valence-corrected chi connectivity index (χ4v) is 7.47. The van der Waals surface area contributed by atoms with Gasteiger partial charge >= 0.3 is 103 Å². The van der Waals surface area contributed by atoms with Gasteiger partial charge in [-0.3, -0.25) is 38.0 Å². The Hall–Kier alpha value is -3.10. The number of aromatic amines is 1. The van der Waals surface area contributed by atoms with Gasteiger partial charge in [0.2, 0.25) is 17.3 Å². The number of H-pyrrole nitrogens is 1. The summed E-state index contributed by atoms with van der Waals surface area (Å²) >= 11 is 6.12. The average molecular weight is 1080 g/mol. The summed E-state index contributed by atoms with van der Waals surface area (Å²) in [6, 6.07) is 21.0. The number of imidazole rings is 3. The molecule has 0 radical (unpaired) electrons. The van der Waals surface area contributed by atoms with E-state index in [4.69, 9.17) is 21.4 Å². The minimum absolute atomic E-state index is 0. The van der Waals surface area contributed by atoms with E-state index in [0.29, 0.717) is 62.2 Å². The van der Waals surface area contributed by atoms with Gasteiger partial charge in [0, 0.05) is 51.1 Å². The molecule has 3 heterocycles. The van der Waals surface area contributed by atoms with Gasteiger partial charge in [0.15, 0.2) is 0 Å². The summed E-state index contributed by atoms with van der Waals surface area (Å²) in [5, 5.41) is 8.43. The van der Waals surface area contributed by atoms with Gasteiger partial charge in [-0.1, -0.05) is 146 Å². The summed E-state index contributed by atoms with van der Waals surface area (Å²) in [5.41, 5.74) is 5.28. The maximum absolute atomic E-state index is 13.4. The number of benzene rings is 3. The van der Waals surface area contributed by atoms with Crippen molar-refractivity contribution in [3.63, 3.8) is 0 Å². The average Bonchev–Trinajstić information content (AvgIpc) is 4.03. The molecule has 3 aliphatic rings. The molecule has 0 amide bonds. The summed E-state index contributed by atoms with van der Waals surface area (Å²) in [7, 11) is -1.00. The van der Waals surface area contributed by atoms with E-state index in [-0.39, 0.29) is 146 Å². The second kappa shape index (κ2) is 25.5. The van der Waals surface area contributed by atoms with Crippen LogP contribution >= 0.6 is 31.9 Å². The van der Waals surface area contributed by atoms with Crippen LogP contribution in [0.3, 0.4) is 0 Å². The standard InChI is InChI=1S/C29H24N4O4.C14H12N2O2.CH2Br2.CH3F.CH2O3.2K.H/c1-14(2)28-30-20-16-9-5-7-11-18(16)24(34)26(36)22(20)32(28)13-33-23-21(31-29(33)15(3)4)17-10-6-8-12-19(17)25(35)27(23)37;1-7(2)14-15-10-8-5-3-4-6-9(8)12(17)13(18)11(10)16-14;2-1-3;1-2;2-1-4-3;;;/h5-12,14-15H,13H2,1-4H3;3-7H,1-2H3,(H,15,16);1H2;1H3;1,3H;;;/q;;;;;2*+1;-1/p-1/i;;;1D;;;;. The van der Waals surface area contributed by atoms with Crippen molar-refractivity contribution in [1.82, 2.24) is 29.1 Å². The normalized spacial score (nSPS) is 12.6. The molecular formula is C46H43Br2FK2N6O9. The first-order chi connectivity index (χ1) is 31.0. The van der Waals surface area contributed by atoms with Crippen LogP contribution < -0.4 is 108 Å². The van der Waals surface area contributed by atoms with Crippen molar-refractivity contribution < 1.29 is 154 Å². The van der Waals surface area contributed by atoms with Crippen LogP contribution in [0.2, 0.25) is 0 Å². The largest absolute Gasteiger partial charge is 1.00 e. The third-order valence-corrected chi connectivity index (χ3v) is 10.2. The molecule has 0 saturated heterocycles. The molecule has 0 fully saturated rings. The quantitative estimate of drug-likeness (QED) is 0.0636. The first kappa shape index (κ1) is 55.5. The molecule has 3 aromatic carbocycles. The van der Waals surface area contributed by atoms with Gasteiger partial charge in [-0.15, -0.1) is 0 Å². The van der Waals surface area contributed by atoms with Crippen molar-refractivity contribution in [2.45, 2.75) is 66.0 Å². The number of nitrogens with zero attached hydrogens (tertiary/aromatic N) is 5. The van der Waals surface area contributed by atoms with Gasteiger partial charge in [-0.05, 0) is 0 Å². The van der Waals surface area contributed by atoms with Gasteiger partial charge in [0.05, 0.1) is 12.8 Å². The van der Waals surface area contributed by atoms with Crippen LogP contribution in [-0.2, 0) is 16.4 Å². The van der Waals surface area contributed by atoms with E-state index in [1.54, 1.807) is 57.7 Å². The summed E-state index contributed by atoms with van der Waals surface area (Å²) in [6.45, 7) is 11.7. The van der Waals surface area contributed by atoms with Gasteiger partial charge < -0.3 is 25.7 Å². The summed E-state index contributed by atoms with van der Waals surface area (Å²) < 4.78 is 19.8. The number of hydrogen-bond donors (Lipinski definition) is 1. The summed E-state index contributed by atoms with van der Waals surface area (Å²) in [5.74, 6) is -1.44. The molecule has 20 heteroatoms. The predicted molar refractivity (Wildman–Crippen MR) is 241 cm³/mol. The van der Waals surface area contributed by atoms with Gasteiger partial charge in [-0.25, -0.2) is 15.0 Å². The molecule has 1 N–H and O–H groups in total. The van der Waals surface area contributed by atoms with Crippen LogP contribution in [0, 0.1) is 0 Å². The predicted octanol–water partition coefficient (Wildman–Crippen LogP) is 2.38. The number of carbonyl (C=O) groups is 7. The molecule has 0 bridgehead atoms. The fraction of sp³-hybridized carbons (Fsp3) is 0.261. The van der Waals surface area contributed by atoms with E-state index >= 15 is 0 Å². The molecule has 15 nitrogen and oxygen atoms in total. The van der Waals surface area contributed by atoms with Crippen molar-refractivity contribution in [2.24, 2.45) is 0 Å². The van der Waals surface area contributed by atoms with Gasteiger partial charge in [0.25, 0.3) is 23.8 Å². The number of rotatable bonds is 6. The Kier molecular flexibility index (Phi) is 21.4. The summed E-state index contributed by atoms with van der Waals surface area (Å²) in [4.78, 5) is 105. The van der Waals surface area contributed by atoms with Crippen molar-refractivity contribution in [3.05, 3.63) is 124 Å². The zero-order valence-electron chi connectivity index (χ0n) is 39.4. The van der Waals surface area contributed by atoms with Crippen molar-refractivity contribution in [3.8, 4) is 33.8 Å². The Morgan fingerprint density at radius 3 is 1.27 bits per heavy atom. The molecule has 9 rings (SSSR count). The molecule has 0 saturated carbocycles. The number of alkyl halides is 3. The van der Waals surface area contributed by atoms with E-state index in [0.717, 1.165) is 15.6 Å². The Labute approximate surface area is 484 Å². The third kappa shape index (κ3) is 11.3. The number of hydrogen-bond acceptors (Lipinski definition) is 12. The van der Waals surface area contributed by atoms with Crippen molar-refractivity contribution in [1.29, 1.82) is 0 Å². The molecule has 0 spiro atoms. The monoisotopic (exact) mass is 1080 g/mol. The first-order valence-electron chi connectivity index (χ1n) is 20.3. The Morgan fingerprint density at radius 2 is 0.955 bits per heavy atom. The number of carbonyl (C=O) groups excluding carboxylic acids is 7. The number of halogens is 3. The van der Waals surface area contributed by atoms with E-state index < -0.39 is 41.9 Å². The molecule has 6 aromatic rings. The number of nitrogens with one attached hydrogen (secondary N) is 1. The van der Waals surface area contributed by atoms with Crippen LogP contribution in [0.5, 0.6) is 0 Å². The van der Waals surface area contributed by atoms with Crippen LogP contribution in [0.15, 0.2) is 72.8 Å². The van der Waals surface area contributed by atoms with Crippen molar-refractivity contribution in [2.75, 3.05) is 11.4 Å². The van der Waals surface area contributed by atoms with E-state index in [1.165, 1.54) is 0 Å². The van der Waals surface area contributed by atoms with Crippen LogP contribution in [0.25, 0.3) is 33.8 Å². The Morgan fingerprint density at radius 1 is 0.636 bits per heavy atom. The zero-order chi connectivity index (χ0) is 47.9. The molecule has 0 unspecified atom stereocenters. The summed E-state index contributed by atoms with van der Waals surface area (Å²) in [6.07, 6.45) is 0. The minimum Gasteiger partial charge on any atom is -1.00 e. The molecule has 66 heavy (non-hydrogen) atoms. The Balaban J connectivity index is 0.000000429.